The van der Waals surface area contributed by atoms with Crippen molar-refractivity contribution in [3.05, 3.63) is 29.6 Å². The minimum atomic E-state index is -0.457. The Morgan fingerprint density at radius 2 is 2.27 bits per heavy atom. The van der Waals surface area contributed by atoms with Crippen LogP contribution in [0, 0.1) is 5.82 Å². The van der Waals surface area contributed by atoms with E-state index in [0.29, 0.717) is 11.3 Å². The molecule has 1 aromatic rings. The molecule has 0 atom stereocenters. The van der Waals surface area contributed by atoms with Gasteiger partial charge in [-0.2, -0.15) is 0 Å². The SMILES string of the molecule is COc1ccc(F)cc1C[O]. The molecule has 1 aromatic carbocycles. The van der Waals surface area contributed by atoms with E-state index >= 15 is 0 Å². The monoisotopic (exact) mass is 155 g/mol. The second-order valence-corrected chi connectivity index (χ2v) is 2.10. The molecule has 1 rings (SSSR count). The number of hydrogen-bond acceptors (Lipinski definition) is 1. The van der Waals surface area contributed by atoms with Gasteiger partial charge in [-0.1, -0.05) is 0 Å². The molecule has 3 heteroatoms. The van der Waals surface area contributed by atoms with Gasteiger partial charge in [0.05, 0.1) is 7.11 Å². The lowest BCUT2D eigenvalue weighted by Crippen LogP contribution is -1.91. The highest BCUT2D eigenvalue weighted by Crippen LogP contribution is 2.18. The molecule has 0 aromatic heterocycles. The molecular formula is C8H8FO2. The fourth-order valence-corrected chi connectivity index (χ4v) is 0.860. The first kappa shape index (κ1) is 8.01. The van der Waals surface area contributed by atoms with Crippen LogP contribution in [0.4, 0.5) is 4.39 Å². The fourth-order valence-electron chi connectivity index (χ4n) is 0.860. The summed E-state index contributed by atoms with van der Waals surface area (Å²) in [5.74, 6) is 0.0399. The van der Waals surface area contributed by atoms with E-state index in [0.717, 1.165) is 0 Å². The van der Waals surface area contributed by atoms with Gasteiger partial charge in [0.25, 0.3) is 0 Å². The Hall–Kier alpha value is -1.09. The van der Waals surface area contributed by atoms with E-state index in [4.69, 9.17) is 4.74 Å². The molecule has 0 heterocycles. The topological polar surface area (TPSA) is 29.1 Å². The Morgan fingerprint density at radius 1 is 1.55 bits per heavy atom. The van der Waals surface area contributed by atoms with E-state index in [1.54, 1.807) is 0 Å². The van der Waals surface area contributed by atoms with Crippen LogP contribution >= 0.6 is 0 Å². The first-order chi connectivity index (χ1) is 5.27. The van der Waals surface area contributed by atoms with E-state index in [1.165, 1.54) is 25.3 Å². The molecule has 0 aliphatic rings. The van der Waals surface area contributed by atoms with Gasteiger partial charge >= 0.3 is 0 Å². The van der Waals surface area contributed by atoms with Gasteiger partial charge in [0.15, 0.2) is 0 Å². The molecule has 59 valence electrons. The third-order valence-corrected chi connectivity index (χ3v) is 1.40. The molecule has 0 fully saturated rings. The second-order valence-electron chi connectivity index (χ2n) is 2.10. The number of ether oxygens (including phenoxy) is 1. The summed E-state index contributed by atoms with van der Waals surface area (Å²) in [6, 6.07) is 3.90. The third-order valence-electron chi connectivity index (χ3n) is 1.40. The lowest BCUT2D eigenvalue weighted by Gasteiger charge is -2.03. The number of methoxy groups -OCH3 is 1. The minimum Gasteiger partial charge on any atom is -0.496 e. The van der Waals surface area contributed by atoms with Crippen molar-refractivity contribution in [2.75, 3.05) is 7.11 Å². The Balaban J connectivity index is 3.06. The summed E-state index contributed by atoms with van der Waals surface area (Å²) in [6.45, 7) is -0.457. The summed E-state index contributed by atoms with van der Waals surface area (Å²) >= 11 is 0. The lowest BCUT2D eigenvalue weighted by atomic mass is 10.2. The molecule has 0 bridgehead atoms. The summed E-state index contributed by atoms with van der Waals surface area (Å²) in [5, 5.41) is 10.4. The average molecular weight is 155 g/mol. The van der Waals surface area contributed by atoms with Crippen molar-refractivity contribution < 1.29 is 14.2 Å². The highest BCUT2D eigenvalue weighted by molar-refractivity contribution is 5.33. The molecular weight excluding hydrogens is 147 g/mol. The van der Waals surface area contributed by atoms with Crippen molar-refractivity contribution in [3.8, 4) is 5.75 Å². The summed E-state index contributed by atoms with van der Waals surface area (Å²) in [4.78, 5) is 0. The Kier molecular flexibility index (Phi) is 2.44. The van der Waals surface area contributed by atoms with Gasteiger partial charge in [0.2, 0.25) is 0 Å². The largest absolute Gasteiger partial charge is 0.496 e. The summed E-state index contributed by atoms with van der Waals surface area (Å²) in [7, 11) is 1.45. The third kappa shape index (κ3) is 1.68. The zero-order chi connectivity index (χ0) is 8.27. The molecule has 0 spiro atoms. The molecule has 0 unspecified atom stereocenters. The molecule has 1 radical (unpaired) electrons. The lowest BCUT2D eigenvalue weighted by molar-refractivity contribution is 0.174. The number of hydrogen-bond donors (Lipinski definition) is 0. The van der Waals surface area contributed by atoms with Gasteiger partial charge in [-0.25, -0.2) is 9.50 Å². The molecule has 0 aliphatic heterocycles. The van der Waals surface area contributed by atoms with Gasteiger partial charge in [-0.3, -0.25) is 0 Å². The van der Waals surface area contributed by atoms with Crippen molar-refractivity contribution in [2.24, 2.45) is 0 Å². The average Bonchev–Trinajstić information content (AvgIpc) is 2.04. The molecule has 11 heavy (non-hydrogen) atoms. The maximum atomic E-state index is 12.5. The van der Waals surface area contributed by atoms with Crippen molar-refractivity contribution in [1.29, 1.82) is 0 Å². The quantitative estimate of drug-likeness (QED) is 0.639. The maximum absolute atomic E-state index is 12.5. The van der Waals surface area contributed by atoms with Crippen LogP contribution in [0.5, 0.6) is 5.75 Å². The Morgan fingerprint density at radius 3 is 2.82 bits per heavy atom. The first-order valence-corrected chi connectivity index (χ1v) is 3.18. The summed E-state index contributed by atoms with van der Waals surface area (Å²) in [6.07, 6.45) is 0. The molecule has 0 aliphatic carbocycles. The van der Waals surface area contributed by atoms with Crippen molar-refractivity contribution in [1.82, 2.24) is 0 Å². The van der Waals surface area contributed by atoms with E-state index in [9.17, 15) is 9.50 Å². The van der Waals surface area contributed by atoms with Gasteiger partial charge in [0, 0.05) is 5.56 Å². The van der Waals surface area contributed by atoms with Gasteiger partial charge in [-0.05, 0) is 18.2 Å². The van der Waals surface area contributed by atoms with Crippen LogP contribution in [0.1, 0.15) is 5.56 Å². The van der Waals surface area contributed by atoms with E-state index < -0.39 is 12.4 Å². The smallest absolute Gasteiger partial charge is 0.124 e. The molecule has 0 amide bonds. The number of benzene rings is 1. The van der Waals surface area contributed by atoms with Crippen molar-refractivity contribution in [2.45, 2.75) is 6.61 Å². The van der Waals surface area contributed by atoms with Crippen molar-refractivity contribution >= 4 is 0 Å². The van der Waals surface area contributed by atoms with Crippen LogP contribution in [0.2, 0.25) is 0 Å². The predicted molar refractivity (Wildman–Crippen MR) is 37.3 cm³/mol. The molecule has 2 nitrogen and oxygen atoms in total. The second kappa shape index (κ2) is 3.34. The Labute approximate surface area is 64.2 Å². The Bertz CT molecular complexity index is 248. The highest BCUT2D eigenvalue weighted by Gasteiger charge is 2.02. The molecule has 0 saturated heterocycles. The fraction of sp³-hybridized carbons (Fsp3) is 0.250. The zero-order valence-corrected chi connectivity index (χ0v) is 6.13. The maximum Gasteiger partial charge on any atom is 0.124 e. The van der Waals surface area contributed by atoms with Crippen LogP contribution in [-0.2, 0) is 11.7 Å². The van der Waals surface area contributed by atoms with E-state index in [2.05, 4.69) is 0 Å². The van der Waals surface area contributed by atoms with Gasteiger partial charge in [-0.15, -0.1) is 0 Å². The zero-order valence-electron chi connectivity index (χ0n) is 6.13. The van der Waals surface area contributed by atoms with Crippen LogP contribution < -0.4 is 4.74 Å². The standard InChI is InChI=1S/C8H8FO2/c1-11-8-3-2-7(9)4-6(8)5-10/h2-4H,5H2,1H3. The molecule has 0 N–H and O–H groups in total. The minimum absolute atomic E-state index is 0.354. The van der Waals surface area contributed by atoms with E-state index in [-0.39, 0.29) is 0 Å². The van der Waals surface area contributed by atoms with Crippen LogP contribution in [0.25, 0.3) is 0 Å². The van der Waals surface area contributed by atoms with Crippen LogP contribution in [0.3, 0.4) is 0 Å². The molecule has 0 saturated carbocycles. The number of rotatable bonds is 2. The van der Waals surface area contributed by atoms with Gasteiger partial charge in [0.1, 0.15) is 18.2 Å². The summed E-state index contributed by atoms with van der Waals surface area (Å²) < 4.78 is 17.3. The summed E-state index contributed by atoms with van der Waals surface area (Å²) in [5.41, 5.74) is 0.354. The number of halogens is 1. The van der Waals surface area contributed by atoms with Crippen molar-refractivity contribution in [3.63, 3.8) is 0 Å². The van der Waals surface area contributed by atoms with Crippen LogP contribution in [0.15, 0.2) is 18.2 Å². The first-order valence-electron chi connectivity index (χ1n) is 3.18. The normalized spacial score (nSPS) is 9.73. The van der Waals surface area contributed by atoms with Gasteiger partial charge < -0.3 is 4.74 Å². The highest BCUT2D eigenvalue weighted by atomic mass is 19.1. The van der Waals surface area contributed by atoms with Crippen LogP contribution in [-0.4, -0.2) is 7.11 Å². The van der Waals surface area contributed by atoms with E-state index in [1.807, 2.05) is 0 Å². The predicted octanol–water partition coefficient (Wildman–Crippen LogP) is 1.76.